The summed E-state index contributed by atoms with van der Waals surface area (Å²) in [5, 5.41) is 9.13. The van der Waals surface area contributed by atoms with Gasteiger partial charge in [-0.25, -0.2) is 4.79 Å². The van der Waals surface area contributed by atoms with Crippen LogP contribution < -0.4 is 4.74 Å². The molecule has 1 fully saturated rings. The number of likely N-dealkylation sites (tertiary alicyclic amines) is 1. The van der Waals surface area contributed by atoms with Gasteiger partial charge in [0.2, 0.25) is 5.91 Å². The van der Waals surface area contributed by atoms with Crippen LogP contribution in [-0.4, -0.2) is 34.5 Å². The molecule has 1 unspecified atom stereocenters. The molecular weight excluding hydrogens is 246 g/mol. The number of carbonyl (C=O) groups excluding carboxylic acids is 1. The van der Waals surface area contributed by atoms with E-state index in [9.17, 15) is 9.59 Å². The van der Waals surface area contributed by atoms with Gasteiger partial charge in [-0.15, -0.1) is 0 Å². The van der Waals surface area contributed by atoms with E-state index in [1.807, 2.05) is 31.2 Å². The van der Waals surface area contributed by atoms with Gasteiger partial charge in [-0.05, 0) is 19.4 Å². The first-order chi connectivity index (χ1) is 9.13. The Balaban J connectivity index is 2.19. The molecule has 0 aromatic heterocycles. The molecule has 5 nitrogen and oxygen atoms in total. The molecule has 1 aromatic rings. The van der Waals surface area contributed by atoms with Gasteiger partial charge in [0.25, 0.3) is 0 Å². The van der Waals surface area contributed by atoms with Gasteiger partial charge < -0.3 is 14.7 Å². The minimum absolute atomic E-state index is 0.112. The number of carboxylic acids is 1. The van der Waals surface area contributed by atoms with Gasteiger partial charge in [0.15, 0.2) is 0 Å². The van der Waals surface area contributed by atoms with Crippen molar-refractivity contribution in [1.29, 1.82) is 0 Å². The van der Waals surface area contributed by atoms with Crippen molar-refractivity contribution < 1.29 is 19.4 Å². The Labute approximate surface area is 111 Å². The van der Waals surface area contributed by atoms with Gasteiger partial charge in [0.1, 0.15) is 11.8 Å². The number of benzene rings is 1. The van der Waals surface area contributed by atoms with Gasteiger partial charge in [-0.1, -0.05) is 18.2 Å². The molecule has 1 saturated heterocycles. The third-order valence-corrected chi connectivity index (χ3v) is 3.23. The van der Waals surface area contributed by atoms with Gasteiger partial charge >= 0.3 is 5.97 Å². The van der Waals surface area contributed by atoms with E-state index in [4.69, 9.17) is 9.84 Å². The van der Waals surface area contributed by atoms with E-state index in [0.717, 1.165) is 5.56 Å². The van der Waals surface area contributed by atoms with Gasteiger partial charge in [-0.3, -0.25) is 4.79 Å². The maximum Gasteiger partial charge on any atom is 0.326 e. The van der Waals surface area contributed by atoms with Crippen molar-refractivity contribution in [2.45, 2.75) is 32.4 Å². The molecule has 1 amide bonds. The fraction of sp³-hybridized carbons (Fsp3) is 0.429. The second kappa shape index (κ2) is 5.73. The number of hydrogen-bond acceptors (Lipinski definition) is 3. The number of rotatable bonds is 5. The lowest BCUT2D eigenvalue weighted by atomic mass is 10.1. The first kappa shape index (κ1) is 13.4. The molecule has 2 rings (SSSR count). The van der Waals surface area contributed by atoms with Crippen LogP contribution in [0, 0.1) is 0 Å². The van der Waals surface area contributed by atoms with Crippen molar-refractivity contribution in [3.63, 3.8) is 0 Å². The molecule has 0 spiro atoms. The van der Waals surface area contributed by atoms with E-state index >= 15 is 0 Å². The number of ether oxygens (including phenoxy) is 1. The van der Waals surface area contributed by atoms with E-state index in [1.54, 1.807) is 0 Å². The highest BCUT2D eigenvalue weighted by Crippen LogP contribution is 2.26. The molecule has 0 bridgehead atoms. The zero-order chi connectivity index (χ0) is 13.8. The summed E-state index contributed by atoms with van der Waals surface area (Å²) in [5.74, 6) is -0.354. The zero-order valence-electron chi connectivity index (χ0n) is 10.8. The quantitative estimate of drug-likeness (QED) is 0.877. The maximum absolute atomic E-state index is 11.8. The van der Waals surface area contributed by atoms with Crippen LogP contribution in [0.15, 0.2) is 24.3 Å². The van der Waals surface area contributed by atoms with E-state index in [2.05, 4.69) is 0 Å². The summed E-state index contributed by atoms with van der Waals surface area (Å²) in [4.78, 5) is 24.3. The minimum atomic E-state index is -0.945. The van der Waals surface area contributed by atoms with E-state index in [-0.39, 0.29) is 12.5 Å². The van der Waals surface area contributed by atoms with Crippen LogP contribution in [-0.2, 0) is 16.1 Å². The van der Waals surface area contributed by atoms with Crippen LogP contribution in [0.1, 0.15) is 25.3 Å². The van der Waals surface area contributed by atoms with Gasteiger partial charge in [0, 0.05) is 12.0 Å². The predicted octanol–water partition coefficient (Wildman–Crippen LogP) is 1.66. The number of hydrogen-bond donors (Lipinski definition) is 1. The van der Waals surface area contributed by atoms with Gasteiger partial charge in [-0.2, -0.15) is 0 Å². The molecule has 1 heterocycles. The number of nitrogens with zero attached hydrogens (tertiary/aromatic N) is 1. The van der Waals surface area contributed by atoms with Crippen molar-refractivity contribution in [1.82, 2.24) is 4.90 Å². The first-order valence-electron chi connectivity index (χ1n) is 6.36. The van der Waals surface area contributed by atoms with Crippen LogP contribution in [0.5, 0.6) is 5.75 Å². The molecular formula is C14H17NO4. The highest BCUT2D eigenvalue weighted by molar-refractivity contribution is 5.87. The molecule has 5 heteroatoms. The van der Waals surface area contributed by atoms with Crippen molar-refractivity contribution in [3.05, 3.63) is 29.8 Å². The highest BCUT2D eigenvalue weighted by atomic mass is 16.5. The summed E-state index contributed by atoms with van der Waals surface area (Å²) in [7, 11) is 0. The molecule has 1 N–H and O–H groups in total. The fourth-order valence-electron chi connectivity index (χ4n) is 2.30. The molecule has 1 aromatic carbocycles. The Morgan fingerprint density at radius 3 is 2.89 bits per heavy atom. The lowest BCUT2D eigenvalue weighted by Crippen LogP contribution is -2.38. The SMILES string of the molecule is CCOc1ccccc1CN1C(=O)CCC1C(=O)O. The number of para-hydroxylation sites is 1. The van der Waals surface area contributed by atoms with Crippen LogP contribution in [0.2, 0.25) is 0 Å². The smallest absolute Gasteiger partial charge is 0.326 e. The summed E-state index contributed by atoms with van der Waals surface area (Å²) < 4.78 is 5.49. The summed E-state index contributed by atoms with van der Waals surface area (Å²) >= 11 is 0. The number of carbonyl (C=O) groups is 2. The average Bonchev–Trinajstić information content (AvgIpc) is 2.74. The van der Waals surface area contributed by atoms with Crippen LogP contribution in [0.4, 0.5) is 0 Å². The van der Waals surface area contributed by atoms with E-state index in [0.29, 0.717) is 25.2 Å². The summed E-state index contributed by atoms with van der Waals surface area (Å²) in [5.41, 5.74) is 0.839. The molecule has 0 saturated carbocycles. The van der Waals surface area contributed by atoms with Crippen molar-refractivity contribution in [2.75, 3.05) is 6.61 Å². The monoisotopic (exact) mass is 263 g/mol. The third-order valence-electron chi connectivity index (χ3n) is 3.23. The molecule has 1 atom stereocenters. The Morgan fingerprint density at radius 1 is 1.47 bits per heavy atom. The average molecular weight is 263 g/mol. The highest BCUT2D eigenvalue weighted by Gasteiger charge is 2.36. The number of carboxylic acid groups (broad SMARTS) is 1. The van der Waals surface area contributed by atoms with Crippen molar-refractivity contribution in [3.8, 4) is 5.75 Å². The Morgan fingerprint density at radius 2 is 2.21 bits per heavy atom. The Bertz CT molecular complexity index is 486. The fourth-order valence-corrected chi connectivity index (χ4v) is 2.30. The topological polar surface area (TPSA) is 66.8 Å². The molecule has 19 heavy (non-hydrogen) atoms. The van der Waals surface area contributed by atoms with E-state index in [1.165, 1.54) is 4.90 Å². The second-order valence-corrected chi connectivity index (χ2v) is 4.46. The molecule has 102 valence electrons. The lowest BCUT2D eigenvalue weighted by Gasteiger charge is -2.22. The molecule has 1 aliphatic heterocycles. The Kier molecular flexibility index (Phi) is 4.04. The standard InChI is InChI=1S/C14H17NO4/c1-2-19-12-6-4-3-5-10(12)9-15-11(14(17)18)7-8-13(15)16/h3-6,11H,2,7-9H2,1H3,(H,17,18). The van der Waals surface area contributed by atoms with Crippen LogP contribution >= 0.6 is 0 Å². The summed E-state index contributed by atoms with van der Waals surface area (Å²) in [6, 6.07) is 6.68. The summed E-state index contributed by atoms with van der Waals surface area (Å²) in [6.07, 6.45) is 0.679. The van der Waals surface area contributed by atoms with Crippen molar-refractivity contribution >= 4 is 11.9 Å². The third kappa shape index (κ3) is 2.86. The second-order valence-electron chi connectivity index (χ2n) is 4.46. The molecule has 0 aliphatic carbocycles. The number of amides is 1. The normalized spacial score (nSPS) is 18.7. The Hall–Kier alpha value is -2.04. The largest absolute Gasteiger partial charge is 0.494 e. The van der Waals surface area contributed by atoms with Gasteiger partial charge in [0.05, 0.1) is 13.2 Å². The maximum atomic E-state index is 11.8. The number of aliphatic carboxylic acids is 1. The zero-order valence-corrected chi connectivity index (χ0v) is 10.8. The summed E-state index contributed by atoms with van der Waals surface area (Å²) in [6.45, 7) is 2.71. The molecule has 1 aliphatic rings. The molecule has 0 radical (unpaired) electrons. The lowest BCUT2D eigenvalue weighted by molar-refractivity contribution is -0.146. The van der Waals surface area contributed by atoms with Crippen molar-refractivity contribution in [2.24, 2.45) is 0 Å². The minimum Gasteiger partial charge on any atom is -0.494 e. The first-order valence-corrected chi connectivity index (χ1v) is 6.36. The van der Waals surface area contributed by atoms with Crippen LogP contribution in [0.3, 0.4) is 0 Å². The van der Waals surface area contributed by atoms with Crippen LogP contribution in [0.25, 0.3) is 0 Å². The predicted molar refractivity (Wildman–Crippen MR) is 68.8 cm³/mol. The van der Waals surface area contributed by atoms with E-state index < -0.39 is 12.0 Å².